The van der Waals surface area contributed by atoms with Crippen LogP contribution in [-0.4, -0.2) is 30.2 Å². The molecule has 1 rings (SSSR count). The van der Waals surface area contributed by atoms with E-state index in [-0.39, 0.29) is 18.8 Å². The zero-order valence-corrected chi connectivity index (χ0v) is 10.5. The zero-order chi connectivity index (χ0) is 13.3. The highest BCUT2D eigenvalue weighted by Gasteiger charge is 2.45. The van der Waals surface area contributed by atoms with Crippen molar-refractivity contribution in [2.75, 3.05) is 7.11 Å². The third kappa shape index (κ3) is 3.15. The Bertz CT molecular complexity index is 279. The van der Waals surface area contributed by atoms with Crippen molar-refractivity contribution in [3.05, 3.63) is 0 Å². The van der Waals surface area contributed by atoms with Crippen LogP contribution >= 0.6 is 0 Å². The number of carbonyl (C=O) groups excluding carboxylic acids is 1. The minimum absolute atomic E-state index is 0.0868. The van der Waals surface area contributed by atoms with Crippen molar-refractivity contribution in [3.8, 4) is 0 Å². The van der Waals surface area contributed by atoms with Crippen LogP contribution in [-0.2, 0) is 9.53 Å². The molecule has 1 fully saturated rings. The molecule has 1 saturated carbocycles. The normalized spacial score (nSPS) is 23.2. The van der Waals surface area contributed by atoms with Crippen molar-refractivity contribution in [1.29, 1.82) is 0 Å². The maximum Gasteiger partial charge on any atom is 0.335 e. The van der Waals surface area contributed by atoms with E-state index in [1.807, 2.05) is 0 Å². The van der Waals surface area contributed by atoms with Gasteiger partial charge in [0.2, 0.25) is 5.92 Å². The number of esters is 1. The second-order valence-electron chi connectivity index (χ2n) is 5.38. The van der Waals surface area contributed by atoms with Crippen molar-refractivity contribution in [3.63, 3.8) is 0 Å². The molecule has 1 unspecified atom stereocenters. The lowest BCUT2D eigenvalue weighted by Gasteiger charge is -2.40. The standard InChI is InChI=1S/C12H20F2O3/c1-11(2,9(15)10(16)17-3)8-4-6-12(13,14)7-5-8/h8-9,15H,4-7H2,1-3H3. The number of halogens is 2. The van der Waals surface area contributed by atoms with Gasteiger partial charge >= 0.3 is 5.97 Å². The van der Waals surface area contributed by atoms with Gasteiger partial charge in [-0.15, -0.1) is 0 Å². The van der Waals surface area contributed by atoms with Gasteiger partial charge in [0, 0.05) is 18.3 Å². The van der Waals surface area contributed by atoms with Crippen LogP contribution in [0.2, 0.25) is 0 Å². The summed E-state index contributed by atoms with van der Waals surface area (Å²) in [7, 11) is 1.21. The lowest BCUT2D eigenvalue weighted by molar-refractivity contribution is -0.161. The summed E-state index contributed by atoms with van der Waals surface area (Å²) in [6, 6.07) is 0. The van der Waals surface area contributed by atoms with E-state index < -0.39 is 23.4 Å². The minimum atomic E-state index is -2.59. The summed E-state index contributed by atoms with van der Waals surface area (Å²) >= 11 is 0. The Balaban J connectivity index is 2.68. The third-order valence-corrected chi connectivity index (χ3v) is 3.90. The van der Waals surface area contributed by atoms with Crippen molar-refractivity contribution in [2.45, 2.75) is 51.6 Å². The van der Waals surface area contributed by atoms with Crippen LogP contribution in [0.5, 0.6) is 0 Å². The van der Waals surface area contributed by atoms with E-state index in [2.05, 4.69) is 4.74 Å². The van der Waals surface area contributed by atoms with E-state index in [0.29, 0.717) is 12.8 Å². The molecule has 1 aliphatic carbocycles. The molecular weight excluding hydrogens is 230 g/mol. The Hall–Kier alpha value is -0.710. The number of aliphatic hydroxyl groups is 1. The lowest BCUT2D eigenvalue weighted by atomic mass is 9.67. The Kier molecular flexibility index (Phi) is 4.12. The first-order chi connectivity index (χ1) is 7.70. The van der Waals surface area contributed by atoms with Gasteiger partial charge in [-0.1, -0.05) is 13.8 Å². The predicted octanol–water partition coefficient (Wildman–Crippen LogP) is 2.37. The van der Waals surface area contributed by atoms with Gasteiger partial charge < -0.3 is 9.84 Å². The first kappa shape index (κ1) is 14.4. The molecule has 0 bridgehead atoms. The molecular formula is C12H20F2O3. The molecule has 17 heavy (non-hydrogen) atoms. The molecule has 0 saturated heterocycles. The van der Waals surface area contributed by atoms with Crippen LogP contribution < -0.4 is 0 Å². The monoisotopic (exact) mass is 250 g/mol. The molecule has 0 aromatic rings. The summed E-state index contributed by atoms with van der Waals surface area (Å²) in [6.07, 6.45) is -0.948. The van der Waals surface area contributed by atoms with Crippen molar-refractivity contribution in [2.24, 2.45) is 11.3 Å². The number of alkyl halides is 2. The number of aliphatic hydroxyl groups excluding tert-OH is 1. The van der Waals surface area contributed by atoms with Crippen LogP contribution in [0.15, 0.2) is 0 Å². The molecule has 0 spiro atoms. The van der Waals surface area contributed by atoms with Crippen LogP contribution in [0.25, 0.3) is 0 Å². The molecule has 1 atom stereocenters. The number of carbonyl (C=O) groups is 1. The predicted molar refractivity (Wildman–Crippen MR) is 58.7 cm³/mol. The molecule has 0 amide bonds. The third-order valence-electron chi connectivity index (χ3n) is 3.90. The van der Waals surface area contributed by atoms with E-state index in [1.54, 1.807) is 13.8 Å². The van der Waals surface area contributed by atoms with Gasteiger partial charge in [-0.3, -0.25) is 0 Å². The van der Waals surface area contributed by atoms with Crippen LogP contribution in [0, 0.1) is 11.3 Å². The lowest BCUT2D eigenvalue weighted by Crippen LogP contribution is -2.44. The van der Waals surface area contributed by atoms with Gasteiger partial charge in [0.15, 0.2) is 6.10 Å². The van der Waals surface area contributed by atoms with Crippen LogP contribution in [0.1, 0.15) is 39.5 Å². The summed E-state index contributed by atoms with van der Waals surface area (Å²) in [5.74, 6) is -3.38. The molecule has 0 aromatic heterocycles. The smallest absolute Gasteiger partial charge is 0.335 e. The summed E-state index contributed by atoms with van der Waals surface area (Å²) in [5.41, 5.74) is -0.733. The van der Waals surface area contributed by atoms with Crippen molar-refractivity contribution >= 4 is 5.97 Å². The topological polar surface area (TPSA) is 46.5 Å². The van der Waals surface area contributed by atoms with Gasteiger partial charge in [-0.2, -0.15) is 0 Å². The molecule has 0 aliphatic heterocycles. The van der Waals surface area contributed by atoms with E-state index in [4.69, 9.17) is 0 Å². The number of hydrogen-bond donors (Lipinski definition) is 1. The maximum atomic E-state index is 13.0. The second-order valence-corrected chi connectivity index (χ2v) is 5.38. The van der Waals surface area contributed by atoms with Gasteiger partial charge in [0.05, 0.1) is 7.11 Å². The fourth-order valence-electron chi connectivity index (χ4n) is 2.42. The molecule has 0 heterocycles. The highest BCUT2D eigenvalue weighted by molar-refractivity contribution is 5.75. The summed E-state index contributed by atoms with van der Waals surface area (Å²) in [6.45, 7) is 3.45. The van der Waals surface area contributed by atoms with Crippen molar-refractivity contribution in [1.82, 2.24) is 0 Å². The summed E-state index contributed by atoms with van der Waals surface area (Å²) in [5, 5.41) is 9.87. The molecule has 5 heteroatoms. The Morgan fingerprint density at radius 3 is 2.29 bits per heavy atom. The summed E-state index contributed by atoms with van der Waals surface area (Å²) < 4.78 is 30.6. The van der Waals surface area contributed by atoms with E-state index >= 15 is 0 Å². The Morgan fingerprint density at radius 2 is 1.88 bits per heavy atom. The number of methoxy groups -OCH3 is 1. The second kappa shape index (κ2) is 4.88. The average Bonchev–Trinajstić information content (AvgIpc) is 2.26. The highest BCUT2D eigenvalue weighted by atomic mass is 19.3. The fourth-order valence-corrected chi connectivity index (χ4v) is 2.42. The van der Waals surface area contributed by atoms with Gasteiger partial charge in [-0.05, 0) is 18.8 Å². The molecule has 100 valence electrons. The first-order valence-electron chi connectivity index (χ1n) is 5.84. The van der Waals surface area contributed by atoms with E-state index in [1.165, 1.54) is 7.11 Å². The first-order valence-corrected chi connectivity index (χ1v) is 5.84. The van der Waals surface area contributed by atoms with Gasteiger partial charge in [0.1, 0.15) is 0 Å². The number of hydrogen-bond acceptors (Lipinski definition) is 3. The highest BCUT2D eigenvalue weighted by Crippen LogP contribution is 2.45. The van der Waals surface area contributed by atoms with Gasteiger partial charge in [0.25, 0.3) is 0 Å². The van der Waals surface area contributed by atoms with E-state index in [0.717, 1.165) is 0 Å². The van der Waals surface area contributed by atoms with Gasteiger partial charge in [-0.25, -0.2) is 13.6 Å². The SMILES string of the molecule is COC(=O)C(O)C(C)(C)C1CCC(F)(F)CC1. The maximum absolute atomic E-state index is 13.0. The molecule has 1 N–H and O–H groups in total. The Labute approximate surface area is 100 Å². The molecule has 0 radical (unpaired) electrons. The van der Waals surface area contributed by atoms with Crippen LogP contribution in [0.4, 0.5) is 8.78 Å². The average molecular weight is 250 g/mol. The molecule has 3 nitrogen and oxygen atoms in total. The minimum Gasteiger partial charge on any atom is -0.467 e. The zero-order valence-electron chi connectivity index (χ0n) is 10.5. The van der Waals surface area contributed by atoms with E-state index in [9.17, 15) is 18.7 Å². The molecule has 1 aliphatic rings. The largest absolute Gasteiger partial charge is 0.467 e. The number of rotatable bonds is 3. The quantitative estimate of drug-likeness (QED) is 0.782. The molecule has 0 aromatic carbocycles. The van der Waals surface area contributed by atoms with Crippen LogP contribution in [0.3, 0.4) is 0 Å². The summed E-state index contributed by atoms with van der Waals surface area (Å²) in [4.78, 5) is 11.3. The Morgan fingerprint density at radius 1 is 1.41 bits per heavy atom. The fraction of sp³-hybridized carbons (Fsp3) is 0.917. The number of ether oxygens (including phenoxy) is 1. The van der Waals surface area contributed by atoms with Crippen molar-refractivity contribution < 1.29 is 23.4 Å².